The molecule has 2 rings (SSSR count). The molecular weight excluding hydrogens is 162 g/mol. The number of rotatable bonds is 2. The van der Waals surface area contributed by atoms with Crippen molar-refractivity contribution in [2.24, 2.45) is 10.3 Å². The molecule has 0 spiro atoms. The second kappa shape index (κ2) is 3.67. The van der Waals surface area contributed by atoms with E-state index in [9.17, 15) is 0 Å². The van der Waals surface area contributed by atoms with Crippen LogP contribution in [0, 0.1) is 0 Å². The minimum Gasteiger partial charge on any atom is -0.230 e. The first-order valence-corrected chi connectivity index (χ1v) is 4.05. The predicted octanol–water partition coefficient (Wildman–Crippen LogP) is 3.04. The van der Waals surface area contributed by atoms with Gasteiger partial charge in [0, 0.05) is 12.4 Å². The molecule has 0 aliphatic heterocycles. The molecule has 0 aliphatic rings. The third-order valence-electron chi connectivity index (χ3n) is 1.61. The van der Waals surface area contributed by atoms with Gasteiger partial charge in [-0.25, -0.2) is 4.68 Å². The molecule has 0 radical (unpaired) electrons. The van der Waals surface area contributed by atoms with Gasteiger partial charge in [0.1, 0.15) is 0 Å². The molecule has 0 saturated heterocycles. The van der Waals surface area contributed by atoms with Gasteiger partial charge in [-0.15, -0.1) is 5.11 Å². The Morgan fingerprint density at radius 1 is 0.846 bits per heavy atom. The summed E-state index contributed by atoms with van der Waals surface area (Å²) >= 11 is 0. The lowest BCUT2D eigenvalue weighted by Gasteiger charge is -1.90. The van der Waals surface area contributed by atoms with Gasteiger partial charge < -0.3 is 0 Å². The summed E-state index contributed by atoms with van der Waals surface area (Å²) in [6, 6.07) is 13.5. The van der Waals surface area contributed by atoms with Gasteiger partial charge in [-0.2, -0.15) is 0 Å². The summed E-state index contributed by atoms with van der Waals surface area (Å²) in [6.45, 7) is 0. The van der Waals surface area contributed by atoms with Crippen molar-refractivity contribution in [2.75, 3.05) is 0 Å². The minimum atomic E-state index is 0.858. The van der Waals surface area contributed by atoms with Crippen LogP contribution in [0.3, 0.4) is 0 Å². The van der Waals surface area contributed by atoms with Gasteiger partial charge in [0.25, 0.3) is 0 Å². The summed E-state index contributed by atoms with van der Waals surface area (Å²) in [4.78, 5) is 0. The van der Waals surface area contributed by atoms with Gasteiger partial charge in [0.05, 0.1) is 5.69 Å². The number of nitrogens with zero attached hydrogens (tertiary/aromatic N) is 3. The van der Waals surface area contributed by atoms with Crippen molar-refractivity contribution in [2.45, 2.75) is 0 Å². The molecule has 13 heavy (non-hydrogen) atoms. The van der Waals surface area contributed by atoms with Crippen LogP contribution in [0.1, 0.15) is 0 Å². The highest BCUT2D eigenvalue weighted by Crippen LogP contribution is 2.10. The van der Waals surface area contributed by atoms with E-state index in [2.05, 4.69) is 10.3 Å². The van der Waals surface area contributed by atoms with Crippen LogP contribution >= 0.6 is 0 Å². The Morgan fingerprint density at radius 3 is 2.23 bits per heavy atom. The Bertz CT molecular complexity index is 376. The smallest absolute Gasteiger partial charge is 0.0874 e. The zero-order valence-corrected chi connectivity index (χ0v) is 7.04. The van der Waals surface area contributed by atoms with Crippen LogP contribution in [-0.4, -0.2) is 4.68 Å². The van der Waals surface area contributed by atoms with E-state index >= 15 is 0 Å². The molecule has 3 nitrogen and oxygen atoms in total. The van der Waals surface area contributed by atoms with Crippen molar-refractivity contribution in [1.82, 2.24) is 4.68 Å². The molecule has 2 aromatic rings. The van der Waals surface area contributed by atoms with Crippen molar-refractivity contribution in [3.63, 3.8) is 0 Å². The van der Waals surface area contributed by atoms with Gasteiger partial charge in [-0.05, 0) is 24.3 Å². The zero-order valence-electron chi connectivity index (χ0n) is 7.04. The van der Waals surface area contributed by atoms with Crippen molar-refractivity contribution in [1.29, 1.82) is 0 Å². The van der Waals surface area contributed by atoms with Gasteiger partial charge in [0.2, 0.25) is 0 Å². The molecule has 1 aromatic heterocycles. The largest absolute Gasteiger partial charge is 0.230 e. The van der Waals surface area contributed by atoms with Crippen LogP contribution in [0.15, 0.2) is 65.2 Å². The quantitative estimate of drug-likeness (QED) is 0.621. The summed E-state index contributed by atoms with van der Waals surface area (Å²) < 4.78 is 1.66. The molecule has 0 saturated carbocycles. The predicted molar refractivity (Wildman–Crippen MR) is 50.8 cm³/mol. The van der Waals surface area contributed by atoms with E-state index in [1.165, 1.54) is 0 Å². The first kappa shape index (κ1) is 7.73. The second-order valence-electron chi connectivity index (χ2n) is 2.59. The van der Waals surface area contributed by atoms with Crippen LogP contribution in [0.4, 0.5) is 5.69 Å². The van der Waals surface area contributed by atoms with Gasteiger partial charge in [-0.3, -0.25) is 0 Å². The molecule has 3 heteroatoms. The first-order chi connectivity index (χ1) is 6.45. The maximum atomic E-state index is 4.04. The number of hydrogen-bond acceptors (Lipinski definition) is 2. The molecule has 0 atom stereocenters. The van der Waals surface area contributed by atoms with Gasteiger partial charge in [-0.1, -0.05) is 23.4 Å². The van der Waals surface area contributed by atoms with E-state index in [1.54, 1.807) is 4.68 Å². The Balaban J connectivity index is 2.15. The van der Waals surface area contributed by atoms with Crippen LogP contribution in [0.2, 0.25) is 0 Å². The minimum absolute atomic E-state index is 0.858. The summed E-state index contributed by atoms with van der Waals surface area (Å²) in [7, 11) is 0. The third-order valence-corrected chi connectivity index (χ3v) is 1.61. The Kier molecular flexibility index (Phi) is 2.18. The molecule has 0 N–H and O–H groups in total. The van der Waals surface area contributed by atoms with Gasteiger partial charge in [0.15, 0.2) is 0 Å². The first-order valence-electron chi connectivity index (χ1n) is 4.05. The van der Waals surface area contributed by atoms with Crippen LogP contribution in [0.25, 0.3) is 0 Å². The molecular formula is C10H9N3. The lowest BCUT2D eigenvalue weighted by atomic mass is 10.3. The summed E-state index contributed by atoms with van der Waals surface area (Å²) in [5, 5.41) is 8.01. The molecule has 1 heterocycles. The lowest BCUT2D eigenvalue weighted by molar-refractivity contribution is 0.811. The molecule has 0 unspecified atom stereocenters. The normalized spacial score (nSPS) is 10.8. The third kappa shape index (κ3) is 2.02. The van der Waals surface area contributed by atoms with Crippen LogP contribution in [0.5, 0.6) is 0 Å². The molecule has 0 aliphatic carbocycles. The fraction of sp³-hybridized carbons (Fsp3) is 0. The summed E-state index contributed by atoms with van der Waals surface area (Å²) in [6.07, 6.45) is 3.68. The van der Waals surface area contributed by atoms with E-state index in [1.807, 2.05) is 54.9 Å². The molecule has 0 fully saturated rings. The fourth-order valence-electron chi connectivity index (χ4n) is 0.983. The van der Waals surface area contributed by atoms with E-state index in [0.29, 0.717) is 0 Å². The SMILES string of the molecule is c1ccc(N=Nn2cccc2)cc1. The maximum absolute atomic E-state index is 4.04. The number of hydrogen-bond donors (Lipinski definition) is 0. The standard InChI is InChI=1S/C10H9N3/c1-2-6-10(7-3-1)11-12-13-8-4-5-9-13/h1-9H. The highest BCUT2D eigenvalue weighted by Gasteiger charge is 1.84. The monoisotopic (exact) mass is 171 g/mol. The Morgan fingerprint density at radius 2 is 1.54 bits per heavy atom. The second-order valence-corrected chi connectivity index (χ2v) is 2.59. The van der Waals surface area contributed by atoms with Crippen molar-refractivity contribution in [3.8, 4) is 0 Å². The zero-order chi connectivity index (χ0) is 8.93. The Hall–Kier alpha value is -1.90. The van der Waals surface area contributed by atoms with Gasteiger partial charge >= 0.3 is 0 Å². The van der Waals surface area contributed by atoms with E-state index in [0.717, 1.165) is 5.69 Å². The topological polar surface area (TPSA) is 29.6 Å². The van der Waals surface area contributed by atoms with E-state index in [-0.39, 0.29) is 0 Å². The molecule has 0 bridgehead atoms. The summed E-state index contributed by atoms with van der Waals surface area (Å²) in [5.74, 6) is 0. The van der Waals surface area contributed by atoms with E-state index in [4.69, 9.17) is 0 Å². The fourth-order valence-corrected chi connectivity index (χ4v) is 0.983. The van der Waals surface area contributed by atoms with Crippen molar-refractivity contribution >= 4 is 5.69 Å². The highest BCUT2D eigenvalue weighted by molar-refractivity contribution is 5.34. The molecule has 64 valence electrons. The van der Waals surface area contributed by atoms with E-state index < -0.39 is 0 Å². The Labute approximate surface area is 76.3 Å². The molecule has 0 amide bonds. The van der Waals surface area contributed by atoms with Crippen molar-refractivity contribution < 1.29 is 0 Å². The number of benzene rings is 1. The van der Waals surface area contributed by atoms with Crippen LogP contribution in [-0.2, 0) is 0 Å². The van der Waals surface area contributed by atoms with Crippen molar-refractivity contribution in [3.05, 3.63) is 54.9 Å². The highest BCUT2D eigenvalue weighted by atomic mass is 15.4. The summed E-state index contributed by atoms with van der Waals surface area (Å²) in [5.41, 5.74) is 0.858. The average Bonchev–Trinajstić information content (AvgIpc) is 2.69. The van der Waals surface area contributed by atoms with Crippen LogP contribution < -0.4 is 0 Å². The number of aromatic nitrogens is 1. The lowest BCUT2D eigenvalue weighted by Crippen LogP contribution is -1.77. The maximum Gasteiger partial charge on any atom is 0.0874 e. The molecule has 1 aromatic carbocycles. The average molecular weight is 171 g/mol.